The van der Waals surface area contributed by atoms with Crippen molar-refractivity contribution in [3.63, 3.8) is 0 Å². The smallest absolute Gasteiger partial charge is 0.226 e. The third-order valence-corrected chi connectivity index (χ3v) is 7.41. The third kappa shape index (κ3) is 4.82. The van der Waals surface area contributed by atoms with E-state index in [0.717, 1.165) is 62.1 Å². The van der Waals surface area contributed by atoms with E-state index in [9.17, 15) is 13.2 Å². The lowest BCUT2D eigenvalue weighted by Crippen LogP contribution is -2.46. The van der Waals surface area contributed by atoms with Gasteiger partial charge in [0.2, 0.25) is 5.91 Å². The van der Waals surface area contributed by atoms with E-state index in [2.05, 4.69) is 19.9 Å². The molecule has 8 nitrogen and oxygen atoms in total. The highest BCUT2D eigenvalue weighted by molar-refractivity contribution is 7.90. The zero-order chi connectivity index (χ0) is 22.2. The molecule has 1 atom stereocenters. The van der Waals surface area contributed by atoms with Gasteiger partial charge in [0.15, 0.2) is 14.9 Å². The number of anilines is 1. The summed E-state index contributed by atoms with van der Waals surface area (Å²) in [5, 5.41) is 0.453. The number of halogens is 1. The van der Waals surface area contributed by atoms with Gasteiger partial charge >= 0.3 is 0 Å². The van der Waals surface area contributed by atoms with E-state index in [1.54, 1.807) is 24.7 Å². The van der Waals surface area contributed by atoms with Crippen molar-refractivity contribution in [2.45, 2.75) is 43.7 Å². The summed E-state index contributed by atoms with van der Waals surface area (Å²) in [6.07, 6.45) is 9.19. The molecule has 0 N–H and O–H groups in total. The molecule has 2 aromatic rings. The summed E-state index contributed by atoms with van der Waals surface area (Å²) in [5.41, 5.74) is 1.79. The summed E-state index contributed by atoms with van der Waals surface area (Å²) in [4.78, 5) is 29.8. The summed E-state index contributed by atoms with van der Waals surface area (Å²) >= 11 is 5.82. The first kappa shape index (κ1) is 22.0. The molecule has 166 valence electrons. The zero-order valence-corrected chi connectivity index (χ0v) is 19.2. The molecule has 4 rings (SSSR count). The Morgan fingerprint density at radius 3 is 2.42 bits per heavy atom. The van der Waals surface area contributed by atoms with Crippen molar-refractivity contribution in [3.05, 3.63) is 40.9 Å². The fraction of sp³-hybridized carbons (Fsp3) is 0.524. The summed E-state index contributed by atoms with van der Waals surface area (Å²) in [5.74, 6) is 0.926. The maximum Gasteiger partial charge on any atom is 0.226 e. The standard InChI is InChI=1S/C21H26ClN5O3S/c1-14-9-20(31(2,29)30)25-11-16(14)10-15-3-8-27(21(15)28)17-4-6-26(7-5-17)19-13-23-18(22)12-24-19/h9,11-13,15,17H,3-8,10H2,1-2H3/t15-/m1/s1. The molecule has 2 aliphatic heterocycles. The van der Waals surface area contributed by atoms with Crippen LogP contribution in [0.3, 0.4) is 0 Å². The van der Waals surface area contributed by atoms with Crippen LogP contribution < -0.4 is 4.90 Å². The second kappa shape index (κ2) is 8.70. The number of carbonyl (C=O) groups is 1. The van der Waals surface area contributed by atoms with Gasteiger partial charge in [-0.15, -0.1) is 0 Å². The van der Waals surface area contributed by atoms with Gasteiger partial charge in [0, 0.05) is 44.0 Å². The Labute approximate surface area is 187 Å². The minimum atomic E-state index is -3.34. The molecular weight excluding hydrogens is 438 g/mol. The Morgan fingerprint density at radius 2 is 1.81 bits per heavy atom. The molecule has 2 aliphatic rings. The number of pyridine rings is 1. The summed E-state index contributed by atoms with van der Waals surface area (Å²) in [6, 6.07) is 1.83. The molecule has 0 bridgehead atoms. The highest BCUT2D eigenvalue weighted by Crippen LogP contribution is 2.29. The van der Waals surface area contributed by atoms with E-state index in [4.69, 9.17) is 11.6 Å². The number of amides is 1. The first-order valence-corrected chi connectivity index (χ1v) is 12.7. The normalized spacial score (nSPS) is 20.5. The lowest BCUT2D eigenvalue weighted by atomic mass is 9.96. The zero-order valence-electron chi connectivity index (χ0n) is 17.7. The number of piperidine rings is 1. The monoisotopic (exact) mass is 463 g/mol. The number of likely N-dealkylation sites (tertiary alicyclic amines) is 1. The fourth-order valence-electron chi connectivity index (χ4n) is 4.43. The quantitative estimate of drug-likeness (QED) is 0.671. The van der Waals surface area contributed by atoms with Gasteiger partial charge in [-0.05, 0) is 49.8 Å². The molecule has 0 saturated carbocycles. The summed E-state index contributed by atoms with van der Waals surface area (Å²) < 4.78 is 23.4. The molecule has 1 amide bonds. The van der Waals surface area contributed by atoms with E-state index in [0.29, 0.717) is 11.6 Å². The maximum atomic E-state index is 13.1. The van der Waals surface area contributed by atoms with E-state index in [1.807, 2.05) is 11.8 Å². The lowest BCUT2D eigenvalue weighted by molar-refractivity contribution is -0.133. The molecule has 10 heteroatoms. The highest BCUT2D eigenvalue weighted by Gasteiger charge is 2.37. The van der Waals surface area contributed by atoms with Crippen LogP contribution in [0, 0.1) is 12.8 Å². The Bertz CT molecular complexity index is 1070. The Morgan fingerprint density at radius 1 is 1.06 bits per heavy atom. The summed E-state index contributed by atoms with van der Waals surface area (Å²) in [7, 11) is -3.34. The van der Waals surface area contributed by atoms with E-state index < -0.39 is 9.84 Å². The van der Waals surface area contributed by atoms with Crippen molar-refractivity contribution in [1.29, 1.82) is 0 Å². The maximum absolute atomic E-state index is 13.1. The number of rotatable bonds is 5. The van der Waals surface area contributed by atoms with Crippen LogP contribution in [-0.4, -0.2) is 66.1 Å². The van der Waals surface area contributed by atoms with Crippen molar-refractivity contribution in [2.24, 2.45) is 5.92 Å². The molecule has 2 aromatic heterocycles. The number of aryl methyl sites for hydroxylation is 1. The second-order valence-electron chi connectivity index (χ2n) is 8.36. The van der Waals surface area contributed by atoms with Gasteiger partial charge in [0.1, 0.15) is 11.0 Å². The number of nitrogens with zero attached hydrogens (tertiary/aromatic N) is 5. The third-order valence-electron chi connectivity index (χ3n) is 6.23. The number of hydrogen-bond acceptors (Lipinski definition) is 7. The van der Waals surface area contributed by atoms with Crippen molar-refractivity contribution in [3.8, 4) is 0 Å². The Balaban J connectivity index is 1.36. The van der Waals surface area contributed by atoms with Crippen LogP contribution in [0.25, 0.3) is 0 Å². The molecule has 0 aliphatic carbocycles. The first-order chi connectivity index (χ1) is 14.7. The van der Waals surface area contributed by atoms with Gasteiger partial charge in [0.05, 0.1) is 12.4 Å². The van der Waals surface area contributed by atoms with E-state index in [-0.39, 0.29) is 22.9 Å². The van der Waals surface area contributed by atoms with Crippen molar-refractivity contribution in [1.82, 2.24) is 19.9 Å². The van der Waals surface area contributed by atoms with Gasteiger partial charge in [-0.2, -0.15) is 0 Å². The van der Waals surface area contributed by atoms with E-state index >= 15 is 0 Å². The molecular formula is C21H26ClN5O3S. The van der Waals surface area contributed by atoms with Gasteiger partial charge in [-0.25, -0.2) is 23.4 Å². The SMILES string of the molecule is Cc1cc(S(C)(=O)=O)ncc1C[C@H]1CCN(C2CCN(c3cnc(Cl)cn3)CC2)C1=O. The minimum absolute atomic E-state index is 0.0743. The highest BCUT2D eigenvalue weighted by atomic mass is 35.5. The largest absolute Gasteiger partial charge is 0.355 e. The molecule has 4 heterocycles. The van der Waals surface area contributed by atoms with Crippen molar-refractivity contribution >= 4 is 33.2 Å². The Kier molecular flexibility index (Phi) is 6.16. The molecule has 0 unspecified atom stereocenters. The number of sulfone groups is 1. The molecule has 0 radical (unpaired) electrons. The van der Waals surface area contributed by atoms with Gasteiger partial charge in [0.25, 0.3) is 0 Å². The molecule has 2 saturated heterocycles. The van der Waals surface area contributed by atoms with Crippen molar-refractivity contribution in [2.75, 3.05) is 30.8 Å². The van der Waals surface area contributed by atoms with Crippen molar-refractivity contribution < 1.29 is 13.2 Å². The molecule has 0 spiro atoms. The molecule has 2 fully saturated rings. The van der Waals surface area contributed by atoms with Gasteiger partial charge in [-0.1, -0.05) is 11.6 Å². The molecule has 0 aromatic carbocycles. The molecule has 31 heavy (non-hydrogen) atoms. The van der Waals surface area contributed by atoms with Crippen LogP contribution in [0.2, 0.25) is 5.15 Å². The minimum Gasteiger partial charge on any atom is -0.355 e. The van der Waals surface area contributed by atoms with Gasteiger partial charge in [-0.3, -0.25) is 4.79 Å². The average Bonchev–Trinajstić information content (AvgIpc) is 3.10. The van der Waals surface area contributed by atoms with Crippen LogP contribution in [0.1, 0.15) is 30.4 Å². The topological polar surface area (TPSA) is 96.4 Å². The van der Waals surface area contributed by atoms with Crippen LogP contribution in [-0.2, 0) is 21.1 Å². The van der Waals surface area contributed by atoms with Crippen LogP contribution in [0.5, 0.6) is 0 Å². The lowest BCUT2D eigenvalue weighted by Gasteiger charge is -2.37. The van der Waals surface area contributed by atoms with Crippen LogP contribution >= 0.6 is 11.6 Å². The second-order valence-corrected chi connectivity index (χ2v) is 10.7. The van der Waals surface area contributed by atoms with Crippen LogP contribution in [0.15, 0.2) is 29.7 Å². The fourth-order valence-corrected chi connectivity index (χ4v) is 5.16. The predicted molar refractivity (Wildman–Crippen MR) is 118 cm³/mol. The summed E-state index contributed by atoms with van der Waals surface area (Å²) in [6.45, 7) is 4.29. The van der Waals surface area contributed by atoms with E-state index in [1.165, 1.54) is 0 Å². The van der Waals surface area contributed by atoms with Gasteiger partial charge < -0.3 is 9.80 Å². The predicted octanol–water partition coefficient (Wildman–Crippen LogP) is 2.30. The number of carbonyl (C=O) groups excluding carboxylic acids is 1. The number of hydrogen-bond donors (Lipinski definition) is 0. The Hall–Kier alpha value is -2.26. The number of aromatic nitrogens is 3. The first-order valence-electron chi connectivity index (χ1n) is 10.4. The van der Waals surface area contributed by atoms with Crippen LogP contribution in [0.4, 0.5) is 5.82 Å². The average molecular weight is 464 g/mol.